The van der Waals surface area contributed by atoms with Crippen molar-refractivity contribution in [3.63, 3.8) is 0 Å². The Bertz CT molecular complexity index is 274. The van der Waals surface area contributed by atoms with Gasteiger partial charge in [0.05, 0.1) is 19.3 Å². The van der Waals surface area contributed by atoms with Crippen molar-refractivity contribution < 1.29 is 14.9 Å². The van der Waals surface area contributed by atoms with Gasteiger partial charge >= 0.3 is 0 Å². The van der Waals surface area contributed by atoms with Crippen LogP contribution in [0, 0.1) is 0 Å². The van der Waals surface area contributed by atoms with Crippen LogP contribution in [-0.2, 0) is 4.74 Å². The monoisotopic (exact) mass is 224 g/mol. The third-order valence-corrected chi connectivity index (χ3v) is 2.42. The minimum absolute atomic E-state index is 0.00685. The van der Waals surface area contributed by atoms with Gasteiger partial charge in [-0.25, -0.2) is 0 Å². The molecule has 0 heterocycles. The molecular formula is C13H20O3. The molecule has 0 aliphatic heterocycles. The molecule has 0 amide bonds. The number of ether oxygens (including phenoxy) is 1. The van der Waals surface area contributed by atoms with E-state index in [1.807, 2.05) is 30.3 Å². The molecule has 0 aliphatic rings. The lowest BCUT2D eigenvalue weighted by Crippen LogP contribution is -2.21. The van der Waals surface area contributed by atoms with Crippen LogP contribution >= 0.6 is 0 Å². The smallest absolute Gasteiger partial charge is 0.100 e. The summed E-state index contributed by atoms with van der Waals surface area (Å²) in [4.78, 5) is 0. The predicted molar refractivity (Wildman–Crippen MR) is 63.1 cm³/mol. The van der Waals surface area contributed by atoms with E-state index >= 15 is 0 Å². The first kappa shape index (κ1) is 13.2. The maximum Gasteiger partial charge on any atom is 0.100 e. The molecule has 0 bridgehead atoms. The minimum atomic E-state index is -0.789. The highest BCUT2D eigenvalue weighted by atomic mass is 16.5. The molecule has 3 heteroatoms. The minimum Gasteiger partial charge on any atom is -0.394 e. The van der Waals surface area contributed by atoms with Crippen molar-refractivity contribution in [2.45, 2.75) is 32.0 Å². The third-order valence-electron chi connectivity index (χ3n) is 2.42. The van der Waals surface area contributed by atoms with Gasteiger partial charge in [-0.2, -0.15) is 0 Å². The van der Waals surface area contributed by atoms with Gasteiger partial charge in [-0.15, -0.1) is 0 Å². The molecule has 0 saturated heterocycles. The first-order valence-electron chi connectivity index (χ1n) is 5.73. The average Bonchev–Trinajstić information content (AvgIpc) is 2.35. The van der Waals surface area contributed by atoms with Crippen LogP contribution < -0.4 is 0 Å². The fraction of sp³-hybridized carbons (Fsp3) is 0.538. The Hall–Kier alpha value is -0.900. The highest BCUT2D eigenvalue weighted by Gasteiger charge is 2.12. The number of hydrogen-bond donors (Lipinski definition) is 2. The maximum absolute atomic E-state index is 9.25. The van der Waals surface area contributed by atoms with E-state index in [4.69, 9.17) is 9.84 Å². The van der Waals surface area contributed by atoms with Crippen molar-refractivity contribution in [1.29, 1.82) is 0 Å². The second-order valence-electron chi connectivity index (χ2n) is 3.86. The standard InChI is InChI=1S/C13H20O3/c1-2-6-13(16-10-12(15)9-14)11-7-4-3-5-8-11/h3-5,7-8,12-15H,2,6,9-10H2,1H3. The van der Waals surface area contributed by atoms with Crippen molar-refractivity contribution in [3.05, 3.63) is 35.9 Å². The van der Waals surface area contributed by atoms with E-state index in [0.717, 1.165) is 18.4 Å². The van der Waals surface area contributed by atoms with Crippen molar-refractivity contribution in [3.8, 4) is 0 Å². The molecule has 1 aromatic carbocycles. The molecule has 2 unspecified atom stereocenters. The third kappa shape index (κ3) is 4.31. The topological polar surface area (TPSA) is 49.7 Å². The Morgan fingerprint density at radius 1 is 1.25 bits per heavy atom. The van der Waals surface area contributed by atoms with Gasteiger partial charge in [0.2, 0.25) is 0 Å². The van der Waals surface area contributed by atoms with Crippen LogP contribution in [0.3, 0.4) is 0 Å². The summed E-state index contributed by atoms with van der Waals surface area (Å²) < 4.78 is 5.61. The molecule has 16 heavy (non-hydrogen) atoms. The normalized spacial score (nSPS) is 14.7. The fourth-order valence-corrected chi connectivity index (χ4v) is 1.56. The molecule has 0 radical (unpaired) electrons. The first-order valence-corrected chi connectivity index (χ1v) is 5.73. The zero-order valence-electron chi connectivity index (χ0n) is 9.67. The number of benzene rings is 1. The highest BCUT2D eigenvalue weighted by molar-refractivity contribution is 5.17. The molecule has 0 aromatic heterocycles. The Kier molecular flexibility index (Phi) is 6.08. The molecule has 0 fully saturated rings. The zero-order chi connectivity index (χ0) is 11.8. The molecular weight excluding hydrogens is 204 g/mol. The van der Waals surface area contributed by atoms with Crippen LogP contribution in [0.2, 0.25) is 0 Å². The van der Waals surface area contributed by atoms with Crippen LogP contribution in [0.4, 0.5) is 0 Å². The SMILES string of the molecule is CCCC(OCC(O)CO)c1ccccc1. The Labute approximate surface area is 96.7 Å². The van der Waals surface area contributed by atoms with Gasteiger partial charge in [0.1, 0.15) is 6.10 Å². The molecule has 0 aliphatic carbocycles. The molecule has 3 nitrogen and oxygen atoms in total. The summed E-state index contributed by atoms with van der Waals surface area (Å²) in [5.41, 5.74) is 1.12. The molecule has 1 rings (SSSR count). The molecule has 2 N–H and O–H groups in total. The predicted octanol–water partition coefficient (Wildman–Crippen LogP) is 1.90. The van der Waals surface area contributed by atoms with E-state index in [-0.39, 0.29) is 19.3 Å². The van der Waals surface area contributed by atoms with Crippen LogP contribution in [0.25, 0.3) is 0 Å². The van der Waals surface area contributed by atoms with Crippen LogP contribution in [0.15, 0.2) is 30.3 Å². The number of rotatable bonds is 7. The molecule has 90 valence electrons. The second-order valence-corrected chi connectivity index (χ2v) is 3.86. The Morgan fingerprint density at radius 2 is 1.94 bits per heavy atom. The highest BCUT2D eigenvalue weighted by Crippen LogP contribution is 2.22. The summed E-state index contributed by atoms with van der Waals surface area (Å²) in [6.45, 7) is 2.02. The van der Waals surface area contributed by atoms with Gasteiger partial charge in [-0.05, 0) is 12.0 Å². The number of aliphatic hydroxyl groups excluding tert-OH is 2. The van der Waals surface area contributed by atoms with Crippen LogP contribution in [-0.4, -0.2) is 29.5 Å². The maximum atomic E-state index is 9.25. The van der Waals surface area contributed by atoms with Gasteiger partial charge in [0, 0.05) is 0 Å². The molecule has 0 saturated carbocycles. The quantitative estimate of drug-likeness (QED) is 0.743. The van der Waals surface area contributed by atoms with Crippen LogP contribution in [0.5, 0.6) is 0 Å². The largest absolute Gasteiger partial charge is 0.394 e. The second kappa shape index (κ2) is 7.39. The van der Waals surface area contributed by atoms with Crippen LogP contribution in [0.1, 0.15) is 31.4 Å². The van der Waals surface area contributed by atoms with E-state index in [2.05, 4.69) is 6.92 Å². The molecule has 0 spiro atoms. The lowest BCUT2D eigenvalue weighted by Gasteiger charge is -2.19. The molecule has 1 aromatic rings. The van der Waals surface area contributed by atoms with E-state index in [1.165, 1.54) is 0 Å². The lowest BCUT2D eigenvalue weighted by molar-refractivity contribution is -0.0325. The van der Waals surface area contributed by atoms with Gasteiger partial charge in [0.25, 0.3) is 0 Å². The first-order chi connectivity index (χ1) is 7.77. The Morgan fingerprint density at radius 3 is 2.50 bits per heavy atom. The van der Waals surface area contributed by atoms with E-state index in [0.29, 0.717) is 0 Å². The fourth-order valence-electron chi connectivity index (χ4n) is 1.56. The van der Waals surface area contributed by atoms with Gasteiger partial charge in [0.15, 0.2) is 0 Å². The van der Waals surface area contributed by atoms with E-state index < -0.39 is 6.10 Å². The number of hydrogen-bond acceptors (Lipinski definition) is 3. The Balaban J connectivity index is 2.54. The van der Waals surface area contributed by atoms with Crippen molar-refractivity contribution in [1.82, 2.24) is 0 Å². The van der Waals surface area contributed by atoms with Crippen molar-refractivity contribution >= 4 is 0 Å². The van der Waals surface area contributed by atoms with Crippen molar-refractivity contribution in [2.24, 2.45) is 0 Å². The summed E-state index contributed by atoms with van der Waals surface area (Å²) in [6.07, 6.45) is 1.16. The summed E-state index contributed by atoms with van der Waals surface area (Å²) in [6, 6.07) is 9.96. The summed E-state index contributed by atoms with van der Waals surface area (Å²) in [5, 5.41) is 18.0. The summed E-state index contributed by atoms with van der Waals surface area (Å²) >= 11 is 0. The van der Waals surface area contributed by atoms with Crippen molar-refractivity contribution in [2.75, 3.05) is 13.2 Å². The zero-order valence-corrected chi connectivity index (χ0v) is 9.67. The summed E-state index contributed by atoms with van der Waals surface area (Å²) in [7, 11) is 0. The summed E-state index contributed by atoms with van der Waals surface area (Å²) in [5.74, 6) is 0. The van der Waals surface area contributed by atoms with Gasteiger partial charge in [-0.1, -0.05) is 43.7 Å². The van der Waals surface area contributed by atoms with E-state index in [9.17, 15) is 5.11 Å². The molecule has 2 atom stereocenters. The average molecular weight is 224 g/mol. The lowest BCUT2D eigenvalue weighted by atomic mass is 10.1. The van der Waals surface area contributed by atoms with E-state index in [1.54, 1.807) is 0 Å². The van der Waals surface area contributed by atoms with Gasteiger partial charge < -0.3 is 14.9 Å². The number of aliphatic hydroxyl groups is 2. The van der Waals surface area contributed by atoms with Gasteiger partial charge in [-0.3, -0.25) is 0 Å².